The number of allylic oxidation sites excluding steroid dienone is 2. The van der Waals surface area contributed by atoms with Crippen molar-refractivity contribution in [3.05, 3.63) is 11.6 Å². The lowest BCUT2D eigenvalue weighted by atomic mass is 9.77. The number of carbonyl (C=O) groups is 2. The van der Waals surface area contributed by atoms with Gasteiger partial charge in [0.15, 0.2) is 5.78 Å². The molecule has 0 heterocycles. The number of ketones is 1. The van der Waals surface area contributed by atoms with Crippen LogP contribution in [-0.4, -0.2) is 31.6 Å². The molecule has 0 radical (unpaired) electrons. The molecule has 4 nitrogen and oxygen atoms in total. The maximum atomic E-state index is 11.0. The minimum Gasteiger partial charge on any atom is -0.463 e. The third kappa shape index (κ3) is 12.3. The number of hydrogen-bond acceptors (Lipinski definition) is 4. The summed E-state index contributed by atoms with van der Waals surface area (Å²) in [6.07, 6.45) is 5.75. The molecule has 1 rings (SSSR count). The molecule has 0 aromatic carbocycles. The van der Waals surface area contributed by atoms with Crippen molar-refractivity contribution in [1.82, 2.24) is 0 Å². The topological polar surface area (TPSA) is 52.6 Å². The van der Waals surface area contributed by atoms with Gasteiger partial charge in [-0.25, -0.2) is 0 Å². The maximum absolute atomic E-state index is 11.0. The summed E-state index contributed by atoms with van der Waals surface area (Å²) in [4.78, 5) is 21.3. The molecule has 0 N–H and O–H groups in total. The van der Waals surface area contributed by atoms with Crippen LogP contribution in [0.3, 0.4) is 0 Å². The van der Waals surface area contributed by atoms with Crippen LogP contribution in [0.25, 0.3) is 0 Å². The van der Waals surface area contributed by atoms with Crippen LogP contribution in [0.2, 0.25) is 0 Å². The molecule has 0 saturated heterocycles. The Kier molecular flexibility index (Phi) is 9.97. The maximum Gasteiger partial charge on any atom is 0.302 e. The van der Waals surface area contributed by atoms with E-state index in [4.69, 9.17) is 4.74 Å². The molecule has 122 valence electrons. The first kappa shape index (κ1) is 19.8. The summed E-state index contributed by atoms with van der Waals surface area (Å²) < 4.78 is 9.81. The van der Waals surface area contributed by atoms with E-state index in [1.54, 1.807) is 6.08 Å². The van der Waals surface area contributed by atoms with Gasteiger partial charge >= 0.3 is 5.97 Å². The van der Waals surface area contributed by atoms with Gasteiger partial charge in [-0.1, -0.05) is 32.8 Å². The molecular weight excluding hydrogens is 268 g/mol. The number of carbonyl (C=O) groups excluding carboxylic acids is 2. The largest absolute Gasteiger partial charge is 0.463 e. The molecule has 0 spiro atoms. The highest BCUT2D eigenvalue weighted by Gasteiger charge is 2.25. The minimum absolute atomic E-state index is 0.204. The average Bonchev–Trinajstić information content (AvgIpc) is 2.31. The Balaban J connectivity index is 0.000000382. The molecule has 0 aromatic rings. The van der Waals surface area contributed by atoms with E-state index in [0.717, 1.165) is 25.9 Å². The normalized spacial score (nSPS) is 16.6. The fraction of sp³-hybridized carbons (Fsp3) is 0.765. The van der Waals surface area contributed by atoms with Crippen LogP contribution in [-0.2, 0) is 19.1 Å². The molecule has 0 fully saturated rings. The van der Waals surface area contributed by atoms with Crippen molar-refractivity contribution >= 4 is 11.8 Å². The number of ether oxygens (including phenoxy) is 2. The summed E-state index contributed by atoms with van der Waals surface area (Å²) >= 11 is 0. The van der Waals surface area contributed by atoms with E-state index in [-0.39, 0.29) is 17.2 Å². The zero-order chi connectivity index (χ0) is 16.3. The molecule has 1 aliphatic carbocycles. The van der Waals surface area contributed by atoms with Crippen LogP contribution in [0, 0.1) is 5.41 Å². The Morgan fingerprint density at radius 3 is 2.38 bits per heavy atom. The zero-order valence-corrected chi connectivity index (χ0v) is 14.2. The predicted molar refractivity (Wildman–Crippen MR) is 84.1 cm³/mol. The van der Waals surface area contributed by atoms with Crippen LogP contribution < -0.4 is 0 Å². The fourth-order valence-electron chi connectivity index (χ4n) is 2.26. The van der Waals surface area contributed by atoms with Crippen molar-refractivity contribution in [2.24, 2.45) is 5.41 Å². The monoisotopic (exact) mass is 298 g/mol. The summed E-state index contributed by atoms with van der Waals surface area (Å²) in [5.74, 6) is 0.0397. The molecule has 0 saturated carbocycles. The van der Waals surface area contributed by atoms with Gasteiger partial charge in [-0.2, -0.15) is 0 Å². The Morgan fingerprint density at radius 2 is 1.90 bits per heavy atom. The van der Waals surface area contributed by atoms with E-state index in [2.05, 4.69) is 25.5 Å². The Labute approximate surface area is 128 Å². The van der Waals surface area contributed by atoms with Crippen molar-refractivity contribution < 1.29 is 19.1 Å². The van der Waals surface area contributed by atoms with Gasteiger partial charge in [0.25, 0.3) is 0 Å². The predicted octanol–water partition coefficient (Wildman–Crippen LogP) is 3.69. The van der Waals surface area contributed by atoms with Crippen LogP contribution in [0.4, 0.5) is 0 Å². The van der Waals surface area contributed by atoms with Crippen LogP contribution in [0.1, 0.15) is 60.3 Å². The average molecular weight is 298 g/mol. The van der Waals surface area contributed by atoms with Gasteiger partial charge in [0.1, 0.15) is 6.61 Å². The molecular formula is C17H30O4. The van der Waals surface area contributed by atoms with Crippen molar-refractivity contribution in [3.8, 4) is 0 Å². The molecule has 0 atom stereocenters. The second-order valence-electron chi connectivity index (χ2n) is 6.28. The molecule has 0 aliphatic heterocycles. The number of rotatable bonds is 6. The van der Waals surface area contributed by atoms with E-state index < -0.39 is 0 Å². The second kappa shape index (κ2) is 10.6. The molecule has 1 aliphatic rings. The second-order valence-corrected chi connectivity index (χ2v) is 6.28. The smallest absolute Gasteiger partial charge is 0.302 e. The molecule has 0 aromatic heterocycles. The number of hydrogen-bond donors (Lipinski definition) is 0. The van der Waals surface area contributed by atoms with Gasteiger partial charge in [-0.3, -0.25) is 9.59 Å². The van der Waals surface area contributed by atoms with Crippen molar-refractivity contribution in [3.63, 3.8) is 0 Å². The fourth-order valence-corrected chi connectivity index (χ4v) is 2.26. The molecule has 4 heteroatoms. The summed E-state index contributed by atoms with van der Waals surface area (Å²) in [5.41, 5.74) is 1.43. The lowest BCUT2D eigenvalue weighted by molar-refractivity contribution is -0.142. The van der Waals surface area contributed by atoms with E-state index in [1.807, 2.05) is 6.92 Å². The minimum atomic E-state index is -0.246. The van der Waals surface area contributed by atoms with E-state index >= 15 is 0 Å². The summed E-state index contributed by atoms with van der Waals surface area (Å²) in [6, 6.07) is 0. The van der Waals surface area contributed by atoms with Gasteiger partial charge in [0.05, 0.1) is 6.61 Å². The van der Waals surface area contributed by atoms with Crippen molar-refractivity contribution in [1.29, 1.82) is 0 Å². The van der Waals surface area contributed by atoms with Crippen LogP contribution in [0.15, 0.2) is 11.6 Å². The zero-order valence-electron chi connectivity index (χ0n) is 14.2. The molecule has 0 bridgehead atoms. The van der Waals surface area contributed by atoms with Crippen LogP contribution >= 0.6 is 0 Å². The first-order chi connectivity index (χ1) is 9.76. The third-order valence-electron chi connectivity index (χ3n) is 2.99. The van der Waals surface area contributed by atoms with Crippen molar-refractivity contribution in [2.75, 3.05) is 19.8 Å². The first-order valence-electron chi connectivity index (χ1n) is 7.68. The highest BCUT2D eigenvalue weighted by molar-refractivity contribution is 5.91. The molecule has 0 amide bonds. The summed E-state index contributed by atoms with van der Waals surface area (Å²) in [7, 11) is 0. The lowest BCUT2D eigenvalue weighted by Crippen LogP contribution is -2.20. The standard InChI is InChI=1S/C9H14O.C8H16O3/c1-7-4-8(10)6-9(2,3)5-7;1-3-4-5-10-6-7-11-8(2)9/h4H,5-6H2,1-3H3;3-7H2,1-2H3. The highest BCUT2D eigenvalue weighted by atomic mass is 16.6. The highest BCUT2D eigenvalue weighted by Crippen LogP contribution is 2.32. The number of unbranched alkanes of at least 4 members (excludes halogenated alkanes) is 1. The van der Waals surface area contributed by atoms with Crippen molar-refractivity contribution in [2.45, 2.75) is 60.3 Å². The van der Waals surface area contributed by atoms with Gasteiger partial charge in [0, 0.05) is 20.0 Å². The SMILES string of the molecule is CC1=CC(=O)CC(C)(C)C1.CCCCOCCOC(C)=O. The molecule has 0 unspecified atom stereocenters. The third-order valence-corrected chi connectivity index (χ3v) is 2.99. The quantitative estimate of drug-likeness (QED) is 0.554. The first-order valence-corrected chi connectivity index (χ1v) is 7.68. The molecule has 21 heavy (non-hydrogen) atoms. The Bertz CT molecular complexity index is 356. The Hall–Kier alpha value is -1.16. The van der Waals surface area contributed by atoms with Gasteiger partial charge in [-0.05, 0) is 31.3 Å². The van der Waals surface area contributed by atoms with Gasteiger partial charge in [0.2, 0.25) is 0 Å². The van der Waals surface area contributed by atoms with Gasteiger partial charge < -0.3 is 9.47 Å². The van der Waals surface area contributed by atoms with E-state index in [0.29, 0.717) is 19.6 Å². The van der Waals surface area contributed by atoms with Crippen LogP contribution in [0.5, 0.6) is 0 Å². The van der Waals surface area contributed by atoms with Gasteiger partial charge in [-0.15, -0.1) is 0 Å². The lowest BCUT2D eigenvalue weighted by Gasteiger charge is -2.27. The summed E-state index contributed by atoms with van der Waals surface area (Å²) in [5, 5.41) is 0. The Morgan fingerprint density at radius 1 is 1.24 bits per heavy atom. The summed E-state index contributed by atoms with van der Waals surface area (Å²) in [6.45, 7) is 11.5. The van der Waals surface area contributed by atoms with E-state index in [9.17, 15) is 9.59 Å². The van der Waals surface area contributed by atoms with E-state index in [1.165, 1.54) is 12.5 Å². The number of esters is 1.